The van der Waals surface area contributed by atoms with E-state index in [4.69, 9.17) is 4.98 Å². The van der Waals surface area contributed by atoms with Gasteiger partial charge in [-0.3, -0.25) is 15.1 Å². The molecule has 46 heavy (non-hydrogen) atoms. The fourth-order valence-electron chi connectivity index (χ4n) is 5.45. The quantitative estimate of drug-likeness (QED) is 0.128. The number of aromatic amines is 2. The molecular formula is C36H32FN9. The van der Waals surface area contributed by atoms with Crippen LogP contribution in [0, 0.1) is 5.82 Å². The fraction of sp³-hybridized carbons (Fsp3) is 0.111. The summed E-state index contributed by atoms with van der Waals surface area (Å²) in [6.07, 6.45) is 7.05. The maximum atomic E-state index is 14.7. The van der Waals surface area contributed by atoms with Gasteiger partial charge in [-0.25, -0.2) is 9.37 Å². The molecule has 228 valence electrons. The van der Waals surface area contributed by atoms with Crippen LogP contribution in [0.4, 0.5) is 15.8 Å². The largest absolute Gasteiger partial charge is 0.384 e. The van der Waals surface area contributed by atoms with Gasteiger partial charge in [0.2, 0.25) is 0 Å². The van der Waals surface area contributed by atoms with Crippen molar-refractivity contribution in [1.82, 2.24) is 35.0 Å². The average molecular weight is 610 g/mol. The molecule has 4 N–H and O–H groups in total. The lowest BCUT2D eigenvalue weighted by atomic mass is 10.0. The Labute approximate surface area is 265 Å². The van der Waals surface area contributed by atoms with Crippen LogP contribution in [0.1, 0.15) is 5.56 Å². The molecule has 0 bridgehead atoms. The van der Waals surface area contributed by atoms with Gasteiger partial charge < -0.3 is 20.5 Å². The second-order valence-electron chi connectivity index (χ2n) is 11.4. The summed E-state index contributed by atoms with van der Waals surface area (Å²) in [6.45, 7) is 5.70. The Bertz CT molecular complexity index is 2180. The van der Waals surface area contributed by atoms with Gasteiger partial charge in [0, 0.05) is 53.4 Å². The van der Waals surface area contributed by atoms with E-state index in [1.807, 2.05) is 74.9 Å². The van der Waals surface area contributed by atoms with Crippen LogP contribution >= 0.6 is 0 Å². The minimum absolute atomic E-state index is 0.332. The van der Waals surface area contributed by atoms with E-state index in [1.54, 1.807) is 18.6 Å². The van der Waals surface area contributed by atoms with Gasteiger partial charge in [-0.15, -0.1) is 0 Å². The van der Waals surface area contributed by atoms with Crippen molar-refractivity contribution in [1.29, 1.82) is 0 Å². The summed E-state index contributed by atoms with van der Waals surface area (Å²) in [5.41, 5.74) is 9.63. The second kappa shape index (κ2) is 12.3. The molecule has 0 atom stereocenters. The number of halogens is 1. The van der Waals surface area contributed by atoms with Crippen molar-refractivity contribution in [2.24, 2.45) is 0 Å². The first-order valence-electron chi connectivity index (χ1n) is 14.9. The molecule has 0 amide bonds. The number of hydrogen-bond acceptors (Lipinski definition) is 7. The van der Waals surface area contributed by atoms with Crippen LogP contribution in [0.2, 0.25) is 0 Å². The van der Waals surface area contributed by atoms with Gasteiger partial charge in [0.25, 0.3) is 0 Å². The Hall–Kier alpha value is -5.87. The van der Waals surface area contributed by atoms with Crippen molar-refractivity contribution in [2.75, 3.05) is 37.8 Å². The summed E-state index contributed by atoms with van der Waals surface area (Å²) in [4.78, 5) is 19.3. The zero-order chi connectivity index (χ0) is 31.6. The molecule has 0 aliphatic rings. The van der Waals surface area contributed by atoms with Crippen molar-refractivity contribution >= 4 is 39.0 Å². The number of rotatable bonds is 10. The highest BCUT2D eigenvalue weighted by atomic mass is 19.1. The third kappa shape index (κ3) is 5.93. The lowest BCUT2D eigenvalue weighted by molar-refractivity contribution is 0.425. The highest BCUT2D eigenvalue weighted by Crippen LogP contribution is 2.34. The predicted molar refractivity (Wildman–Crippen MR) is 184 cm³/mol. The number of nitrogens with zero attached hydrogens (tertiary/aromatic N) is 5. The third-order valence-electron chi connectivity index (χ3n) is 7.77. The van der Waals surface area contributed by atoms with E-state index in [1.165, 1.54) is 12.1 Å². The smallest absolute Gasteiger partial charge is 0.159 e. The van der Waals surface area contributed by atoms with Gasteiger partial charge in [-0.2, -0.15) is 5.10 Å². The molecule has 0 aliphatic heterocycles. The topological polar surface area (TPSA) is 110 Å². The number of aromatic nitrogens is 6. The molecule has 7 aromatic rings. The van der Waals surface area contributed by atoms with E-state index in [0.717, 1.165) is 56.6 Å². The number of pyridine rings is 2. The summed E-state index contributed by atoms with van der Waals surface area (Å²) in [5.74, 6) is 0.252. The van der Waals surface area contributed by atoms with E-state index in [9.17, 15) is 4.39 Å². The summed E-state index contributed by atoms with van der Waals surface area (Å²) >= 11 is 0. The van der Waals surface area contributed by atoms with Gasteiger partial charge in [-0.05, 0) is 67.2 Å². The van der Waals surface area contributed by atoms with Gasteiger partial charge in [0.1, 0.15) is 11.5 Å². The molecule has 4 aromatic heterocycles. The normalized spacial score (nSPS) is 11.4. The van der Waals surface area contributed by atoms with Gasteiger partial charge in [0.15, 0.2) is 5.82 Å². The number of fused-ring (bicyclic) bond motifs is 2. The minimum Gasteiger partial charge on any atom is -0.384 e. The standard InChI is InChI=1S/C36H32FN9/c1-22(23-7-5-4-6-8-23)41-29-15-26(18-38-19-29)24-9-10-32-30(16-24)35(45-44-32)36-42-33-21-39-20-31(34(33)43-36)25-13-27(37)17-28(14-25)40-11-12-46(2)3/h4-10,13-21,40-41H,1,11-12H2,2-3H3,(H,42,43)(H,44,45). The molecule has 0 spiro atoms. The molecular weight excluding hydrogens is 577 g/mol. The zero-order valence-corrected chi connectivity index (χ0v) is 25.5. The van der Waals surface area contributed by atoms with E-state index in [-0.39, 0.29) is 5.82 Å². The molecule has 0 fully saturated rings. The number of nitrogens with one attached hydrogen (secondary N) is 4. The van der Waals surface area contributed by atoms with E-state index in [2.05, 4.69) is 53.3 Å². The first kappa shape index (κ1) is 28.9. The highest BCUT2D eigenvalue weighted by molar-refractivity contribution is 5.98. The van der Waals surface area contributed by atoms with Crippen LogP contribution in [-0.4, -0.2) is 62.2 Å². The van der Waals surface area contributed by atoms with Crippen LogP contribution in [0.15, 0.2) is 104 Å². The van der Waals surface area contributed by atoms with Crippen molar-refractivity contribution in [3.63, 3.8) is 0 Å². The van der Waals surface area contributed by atoms with E-state index < -0.39 is 0 Å². The molecule has 3 aromatic carbocycles. The maximum Gasteiger partial charge on any atom is 0.159 e. The lowest BCUT2D eigenvalue weighted by Crippen LogP contribution is -2.20. The Morgan fingerprint density at radius 1 is 0.848 bits per heavy atom. The van der Waals surface area contributed by atoms with E-state index in [0.29, 0.717) is 34.8 Å². The van der Waals surface area contributed by atoms with Crippen LogP contribution in [0.25, 0.3) is 61.4 Å². The van der Waals surface area contributed by atoms with E-state index >= 15 is 0 Å². The lowest BCUT2D eigenvalue weighted by Gasteiger charge is -2.12. The molecule has 0 radical (unpaired) electrons. The molecule has 10 heteroatoms. The Morgan fingerprint density at radius 2 is 1.67 bits per heavy atom. The number of hydrogen-bond donors (Lipinski definition) is 4. The van der Waals surface area contributed by atoms with Crippen LogP contribution < -0.4 is 10.6 Å². The van der Waals surface area contributed by atoms with Crippen LogP contribution in [0.3, 0.4) is 0 Å². The maximum absolute atomic E-state index is 14.7. The zero-order valence-electron chi connectivity index (χ0n) is 25.5. The van der Waals surface area contributed by atoms with Crippen molar-refractivity contribution in [3.05, 3.63) is 116 Å². The number of likely N-dealkylation sites (N-methyl/N-ethyl adjacent to an activating group) is 1. The predicted octanol–water partition coefficient (Wildman–Crippen LogP) is 7.43. The number of anilines is 2. The number of H-pyrrole nitrogens is 2. The summed E-state index contributed by atoms with van der Waals surface area (Å²) < 4.78 is 14.7. The summed E-state index contributed by atoms with van der Waals surface area (Å²) in [5, 5.41) is 15.3. The number of imidazole rings is 1. The Morgan fingerprint density at radius 3 is 2.52 bits per heavy atom. The SMILES string of the molecule is C=C(Nc1cncc(-c2ccc3[nH]nc(-c4nc5c(-c6cc(F)cc(NCCN(C)C)c6)cncc5[nH]4)c3c2)c1)c1ccccc1. The average Bonchev–Trinajstić information content (AvgIpc) is 3.69. The molecule has 0 saturated heterocycles. The Kier molecular flexibility index (Phi) is 7.69. The first-order valence-corrected chi connectivity index (χ1v) is 14.9. The first-order chi connectivity index (χ1) is 22.4. The molecule has 0 saturated carbocycles. The van der Waals surface area contributed by atoms with Crippen molar-refractivity contribution in [3.8, 4) is 33.8 Å². The second-order valence-corrected chi connectivity index (χ2v) is 11.4. The van der Waals surface area contributed by atoms with Crippen LogP contribution in [0.5, 0.6) is 0 Å². The van der Waals surface area contributed by atoms with Crippen LogP contribution in [-0.2, 0) is 0 Å². The number of benzene rings is 3. The van der Waals surface area contributed by atoms with Crippen molar-refractivity contribution in [2.45, 2.75) is 0 Å². The Balaban J connectivity index is 1.21. The molecule has 7 rings (SSSR count). The minimum atomic E-state index is -0.332. The van der Waals surface area contributed by atoms with Crippen molar-refractivity contribution < 1.29 is 4.39 Å². The third-order valence-corrected chi connectivity index (χ3v) is 7.77. The van der Waals surface area contributed by atoms with Gasteiger partial charge >= 0.3 is 0 Å². The van der Waals surface area contributed by atoms with Gasteiger partial charge in [-0.1, -0.05) is 43.0 Å². The molecule has 9 nitrogen and oxygen atoms in total. The monoisotopic (exact) mass is 609 g/mol. The molecule has 0 aliphatic carbocycles. The molecule has 0 unspecified atom stereocenters. The van der Waals surface area contributed by atoms with Gasteiger partial charge in [0.05, 0.1) is 34.6 Å². The molecule has 4 heterocycles. The summed E-state index contributed by atoms with van der Waals surface area (Å²) in [7, 11) is 4.00. The fourth-order valence-corrected chi connectivity index (χ4v) is 5.45. The summed E-state index contributed by atoms with van der Waals surface area (Å²) in [6, 6.07) is 23.0. The highest BCUT2D eigenvalue weighted by Gasteiger charge is 2.17.